The SMILES string of the molecule is CCC(CO)N=C(Cc1ccccc1)C1=C(O)CC(C)(C)CC1=O. The minimum Gasteiger partial charge on any atom is -0.511 e. The number of carbonyl (C=O) groups excluding carboxylic acids is 1. The summed E-state index contributed by atoms with van der Waals surface area (Å²) in [5.41, 5.74) is 1.73. The fourth-order valence-corrected chi connectivity index (χ4v) is 3.09. The maximum Gasteiger partial charge on any atom is 0.168 e. The van der Waals surface area contributed by atoms with Crippen LogP contribution in [0.5, 0.6) is 0 Å². The normalized spacial score (nSPS) is 19.5. The number of carbonyl (C=O) groups is 1. The van der Waals surface area contributed by atoms with Crippen LogP contribution in [0.25, 0.3) is 0 Å². The number of hydrogen-bond acceptors (Lipinski definition) is 4. The molecule has 4 nitrogen and oxygen atoms in total. The molecule has 0 saturated carbocycles. The molecule has 0 fully saturated rings. The number of allylic oxidation sites excluding steroid dienone is 2. The van der Waals surface area contributed by atoms with Crippen molar-refractivity contribution in [3.8, 4) is 0 Å². The minimum absolute atomic E-state index is 0.0637. The summed E-state index contributed by atoms with van der Waals surface area (Å²) in [4.78, 5) is 17.3. The van der Waals surface area contributed by atoms with Crippen molar-refractivity contribution in [2.75, 3.05) is 6.61 Å². The summed E-state index contributed by atoms with van der Waals surface area (Å²) < 4.78 is 0. The van der Waals surface area contributed by atoms with E-state index in [1.807, 2.05) is 51.1 Å². The maximum absolute atomic E-state index is 12.6. The van der Waals surface area contributed by atoms with E-state index in [2.05, 4.69) is 4.99 Å². The zero-order chi connectivity index (χ0) is 17.7. The third-order valence-electron chi connectivity index (χ3n) is 4.38. The Bertz CT molecular complexity index is 640. The number of hydrogen-bond donors (Lipinski definition) is 2. The van der Waals surface area contributed by atoms with Crippen LogP contribution in [-0.4, -0.2) is 34.4 Å². The minimum atomic E-state index is -0.258. The predicted molar refractivity (Wildman–Crippen MR) is 96.4 cm³/mol. The largest absolute Gasteiger partial charge is 0.511 e. The molecule has 0 amide bonds. The Kier molecular flexibility index (Phi) is 5.94. The fourth-order valence-electron chi connectivity index (χ4n) is 3.09. The lowest BCUT2D eigenvalue weighted by molar-refractivity contribution is -0.117. The number of aliphatic hydroxyl groups is 2. The van der Waals surface area contributed by atoms with E-state index in [0.717, 1.165) is 5.56 Å². The highest BCUT2D eigenvalue weighted by molar-refractivity contribution is 6.23. The van der Waals surface area contributed by atoms with Gasteiger partial charge in [-0.1, -0.05) is 51.1 Å². The second-order valence-corrected chi connectivity index (χ2v) is 7.25. The Morgan fingerprint density at radius 2 is 1.92 bits per heavy atom. The molecule has 1 atom stereocenters. The van der Waals surface area contributed by atoms with Gasteiger partial charge in [0.2, 0.25) is 0 Å². The van der Waals surface area contributed by atoms with Crippen molar-refractivity contribution in [3.63, 3.8) is 0 Å². The van der Waals surface area contributed by atoms with Crippen molar-refractivity contribution >= 4 is 11.5 Å². The van der Waals surface area contributed by atoms with Crippen molar-refractivity contribution in [1.82, 2.24) is 0 Å². The van der Waals surface area contributed by atoms with Gasteiger partial charge in [0.05, 0.1) is 23.9 Å². The summed E-state index contributed by atoms with van der Waals surface area (Å²) in [6.45, 7) is 5.84. The summed E-state index contributed by atoms with van der Waals surface area (Å²) >= 11 is 0. The van der Waals surface area contributed by atoms with Gasteiger partial charge in [0.25, 0.3) is 0 Å². The molecule has 1 aromatic rings. The zero-order valence-corrected chi connectivity index (χ0v) is 14.7. The van der Waals surface area contributed by atoms with Crippen molar-refractivity contribution < 1.29 is 15.0 Å². The molecule has 130 valence electrons. The van der Waals surface area contributed by atoms with Gasteiger partial charge in [-0.2, -0.15) is 0 Å². The van der Waals surface area contributed by atoms with Crippen molar-refractivity contribution in [2.24, 2.45) is 10.4 Å². The standard InChI is InChI=1S/C20H27NO3/c1-4-15(13-22)21-16(10-14-8-6-5-7-9-14)19-17(23)11-20(2,3)12-18(19)24/h5-9,15,22-23H,4,10-13H2,1-3H3. The number of rotatable bonds is 6. The Morgan fingerprint density at radius 1 is 1.25 bits per heavy atom. The van der Waals surface area contributed by atoms with Crippen LogP contribution in [0, 0.1) is 5.41 Å². The topological polar surface area (TPSA) is 69.9 Å². The fraction of sp³-hybridized carbons (Fsp3) is 0.500. The molecule has 0 saturated heterocycles. The van der Waals surface area contributed by atoms with Gasteiger partial charge in [0, 0.05) is 19.3 Å². The molecule has 24 heavy (non-hydrogen) atoms. The predicted octanol–water partition coefficient (Wildman–Crippen LogP) is 3.64. The molecule has 1 unspecified atom stereocenters. The van der Waals surface area contributed by atoms with Crippen LogP contribution in [0.15, 0.2) is 46.7 Å². The quantitative estimate of drug-likeness (QED) is 0.783. The van der Waals surface area contributed by atoms with Gasteiger partial charge in [0.1, 0.15) is 5.76 Å². The highest BCUT2D eigenvalue weighted by atomic mass is 16.3. The van der Waals surface area contributed by atoms with Crippen LogP contribution in [0.4, 0.5) is 0 Å². The molecule has 1 aliphatic rings. The van der Waals surface area contributed by atoms with E-state index < -0.39 is 0 Å². The highest BCUT2D eigenvalue weighted by Crippen LogP contribution is 2.36. The van der Waals surface area contributed by atoms with Crippen LogP contribution in [0.1, 0.15) is 45.6 Å². The lowest BCUT2D eigenvalue weighted by Crippen LogP contribution is -2.30. The van der Waals surface area contributed by atoms with Crippen molar-refractivity contribution in [1.29, 1.82) is 0 Å². The molecule has 0 aliphatic heterocycles. The second-order valence-electron chi connectivity index (χ2n) is 7.25. The molecule has 0 bridgehead atoms. The zero-order valence-electron chi connectivity index (χ0n) is 14.7. The van der Waals surface area contributed by atoms with Gasteiger partial charge in [-0.25, -0.2) is 0 Å². The van der Waals surface area contributed by atoms with E-state index in [0.29, 0.717) is 37.0 Å². The van der Waals surface area contributed by atoms with Gasteiger partial charge in [-0.05, 0) is 17.4 Å². The first-order valence-electron chi connectivity index (χ1n) is 8.53. The Balaban J connectivity index is 2.44. The van der Waals surface area contributed by atoms with Crippen LogP contribution < -0.4 is 0 Å². The first-order chi connectivity index (χ1) is 11.4. The molecular weight excluding hydrogens is 302 g/mol. The average molecular weight is 329 g/mol. The number of nitrogens with zero attached hydrogens (tertiary/aromatic N) is 1. The highest BCUT2D eigenvalue weighted by Gasteiger charge is 2.35. The van der Waals surface area contributed by atoms with E-state index >= 15 is 0 Å². The molecule has 0 spiro atoms. The number of aliphatic imine (C=N–C) groups is 1. The lowest BCUT2D eigenvalue weighted by Gasteiger charge is -2.30. The maximum atomic E-state index is 12.6. The summed E-state index contributed by atoms with van der Waals surface area (Å²) in [6.07, 6.45) is 2.03. The summed E-state index contributed by atoms with van der Waals surface area (Å²) in [7, 11) is 0. The molecular formula is C20H27NO3. The monoisotopic (exact) mass is 329 g/mol. The van der Waals surface area contributed by atoms with E-state index in [1.165, 1.54) is 0 Å². The first-order valence-corrected chi connectivity index (χ1v) is 8.53. The van der Waals surface area contributed by atoms with Crippen molar-refractivity contribution in [3.05, 3.63) is 47.2 Å². The number of aliphatic hydroxyl groups excluding tert-OH is 2. The van der Waals surface area contributed by atoms with Crippen LogP contribution in [-0.2, 0) is 11.2 Å². The Hall–Kier alpha value is -1.94. The van der Waals surface area contributed by atoms with Gasteiger partial charge < -0.3 is 10.2 Å². The van der Waals surface area contributed by atoms with E-state index in [1.54, 1.807) is 0 Å². The number of ketones is 1. The van der Waals surface area contributed by atoms with E-state index in [4.69, 9.17) is 0 Å². The molecule has 0 radical (unpaired) electrons. The molecule has 2 rings (SSSR count). The molecule has 0 heterocycles. The molecule has 1 aliphatic carbocycles. The number of benzene rings is 1. The van der Waals surface area contributed by atoms with Crippen LogP contribution >= 0.6 is 0 Å². The van der Waals surface area contributed by atoms with Gasteiger partial charge in [-0.15, -0.1) is 0 Å². The van der Waals surface area contributed by atoms with Gasteiger partial charge in [-0.3, -0.25) is 9.79 Å². The molecule has 2 N–H and O–H groups in total. The van der Waals surface area contributed by atoms with E-state index in [-0.39, 0.29) is 29.6 Å². The third-order valence-corrected chi connectivity index (χ3v) is 4.38. The summed E-state index contributed by atoms with van der Waals surface area (Å²) in [6, 6.07) is 9.52. The second kappa shape index (κ2) is 7.75. The van der Waals surface area contributed by atoms with Crippen LogP contribution in [0.2, 0.25) is 0 Å². The van der Waals surface area contributed by atoms with Gasteiger partial charge in [0.15, 0.2) is 5.78 Å². The van der Waals surface area contributed by atoms with Gasteiger partial charge >= 0.3 is 0 Å². The third kappa shape index (κ3) is 4.54. The summed E-state index contributed by atoms with van der Waals surface area (Å²) in [5, 5.41) is 20.0. The molecule has 4 heteroatoms. The Morgan fingerprint density at radius 3 is 2.46 bits per heavy atom. The molecule has 0 aromatic heterocycles. The van der Waals surface area contributed by atoms with E-state index in [9.17, 15) is 15.0 Å². The smallest absolute Gasteiger partial charge is 0.168 e. The average Bonchev–Trinajstić information content (AvgIpc) is 2.51. The van der Waals surface area contributed by atoms with Crippen LogP contribution in [0.3, 0.4) is 0 Å². The van der Waals surface area contributed by atoms with Crippen molar-refractivity contribution in [2.45, 2.75) is 52.5 Å². The Labute approximate surface area is 143 Å². The lowest BCUT2D eigenvalue weighted by atomic mass is 9.75. The molecule has 1 aromatic carbocycles. The number of Topliss-reactive ketones (excluding diaryl/α,β-unsaturated/α-hetero) is 1. The first kappa shape index (κ1) is 18.4. The summed E-state index contributed by atoms with van der Waals surface area (Å²) in [5.74, 6) is 0.0601.